The number of hydrogen-bond donors (Lipinski definition) is 2. The predicted octanol–water partition coefficient (Wildman–Crippen LogP) is 4.62. The molecule has 2 rings (SSSR count). The quantitative estimate of drug-likeness (QED) is 0.258. The average molecular weight is 632 g/mol. The number of nitrogens with one attached hydrogen (secondary N) is 1. The molecule has 0 aliphatic carbocycles. The van der Waals surface area contributed by atoms with E-state index in [-0.39, 0.29) is 29.5 Å². The maximum absolute atomic E-state index is 13.4. The lowest BCUT2D eigenvalue weighted by molar-refractivity contribution is -0.138. The predicted molar refractivity (Wildman–Crippen MR) is 164 cm³/mol. The molecule has 14 heteroatoms. The van der Waals surface area contributed by atoms with Gasteiger partial charge in [-0.05, 0) is 62.4 Å². The molecule has 4 amide bonds. The van der Waals surface area contributed by atoms with E-state index in [9.17, 15) is 32.8 Å². The minimum absolute atomic E-state index is 0.0525. The lowest BCUT2D eigenvalue weighted by Gasteiger charge is -2.32. The van der Waals surface area contributed by atoms with E-state index in [0.29, 0.717) is 36.3 Å². The number of carbonyl (C=O) groups excluding carboxylic acids is 3. The molecule has 0 fully saturated rings. The van der Waals surface area contributed by atoms with Gasteiger partial charge < -0.3 is 35.4 Å². The highest BCUT2D eigenvalue weighted by atomic mass is 19.4. The van der Waals surface area contributed by atoms with Crippen LogP contribution < -0.4 is 11.1 Å². The van der Waals surface area contributed by atoms with E-state index >= 15 is 0 Å². The van der Waals surface area contributed by atoms with Gasteiger partial charge in [0, 0.05) is 58.7 Å². The van der Waals surface area contributed by atoms with Crippen LogP contribution in [0.5, 0.6) is 0 Å². The zero-order valence-electron chi connectivity index (χ0n) is 26.5. The number of methoxy groups -OCH3 is 1. The van der Waals surface area contributed by atoms with Gasteiger partial charge in [-0.25, -0.2) is 14.4 Å². The molecule has 0 aliphatic rings. The van der Waals surface area contributed by atoms with Crippen molar-refractivity contribution in [2.45, 2.75) is 32.6 Å². The van der Waals surface area contributed by atoms with Gasteiger partial charge in [-0.3, -0.25) is 0 Å². The number of ether oxygens (including phenoxy) is 1. The number of anilines is 1. The minimum Gasteiger partial charge on any atom is -0.466 e. The number of hydrogen-bond acceptors (Lipinski definition) is 7. The number of nitrogens with two attached hydrogens (primary N) is 1. The van der Waals surface area contributed by atoms with Crippen molar-refractivity contribution in [3.05, 3.63) is 76.0 Å². The number of esters is 1. The first-order chi connectivity index (χ1) is 21.0. The number of halogens is 3. The van der Waals surface area contributed by atoms with Crippen LogP contribution in [0.2, 0.25) is 0 Å². The summed E-state index contributed by atoms with van der Waals surface area (Å²) in [7, 11) is 7.68. The third-order valence-corrected chi connectivity index (χ3v) is 7.13. The Hall–Kier alpha value is -4.77. The first-order valence-electron chi connectivity index (χ1n) is 14.0. The smallest absolute Gasteiger partial charge is 0.416 e. The normalized spacial score (nSPS) is 12.5. The number of nitriles is 1. The van der Waals surface area contributed by atoms with Crippen molar-refractivity contribution >= 4 is 23.7 Å². The summed E-state index contributed by atoms with van der Waals surface area (Å²) < 4.78 is 45.2. The molecule has 0 radical (unpaired) electrons. The molecule has 0 aliphatic heterocycles. The second-order valence-corrected chi connectivity index (χ2v) is 10.6. The Labute approximate surface area is 261 Å². The molecule has 45 heavy (non-hydrogen) atoms. The van der Waals surface area contributed by atoms with Gasteiger partial charge in [0.2, 0.25) is 0 Å². The van der Waals surface area contributed by atoms with Crippen LogP contribution in [-0.2, 0) is 22.3 Å². The number of amides is 4. The molecule has 0 unspecified atom stereocenters. The molecule has 11 nitrogen and oxygen atoms in total. The minimum atomic E-state index is -4.59. The first-order valence-corrected chi connectivity index (χ1v) is 14.0. The van der Waals surface area contributed by atoms with Gasteiger partial charge >= 0.3 is 24.2 Å². The Morgan fingerprint density at radius 1 is 1.07 bits per heavy atom. The second-order valence-electron chi connectivity index (χ2n) is 10.6. The molecule has 0 bridgehead atoms. The van der Waals surface area contributed by atoms with Crippen molar-refractivity contribution in [2.75, 3.05) is 60.3 Å². The number of benzene rings is 2. The molecule has 1 atom stereocenters. The number of primary amides is 1. The maximum Gasteiger partial charge on any atom is 0.416 e. The Balaban J connectivity index is 2.66. The van der Waals surface area contributed by atoms with Gasteiger partial charge in [0.1, 0.15) is 0 Å². The lowest BCUT2D eigenvalue weighted by atomic mass is 9.90. The van der Waals surface area contributed by atoms with E-state index in [2.05, 4.69) is 11.4 Å². The van der Waals surface area contributed by atoms with Crippen LogP contribution >= 0.6 is 0 Å². The summed E-state index contributed by atoms with van der Waals surface area (Å²) in [5.74, 6) is -0.852. The van der Waals surface area contributed by atoms with Crippen molar-refractivity contribution in [3.63, 3.8) is 0 Å². The summed E-state index contributed by atoms with van der Waals surface area (Å²) in [6, 6.07) is 9.10. The van der Waals surface area contributed by atoms with Crippen molar-refractivity contribution in [2.24, 2.45) is 5.73 Å². The van der Waals surface area contributed by atoms with Gasteiger partial charge in [-0.1, -0.05) is 12.1 Å². The number of alkyl halides is 3. The van der Waals surface area contributed by atoms with Gasteiger partial charge in [-0.2, -0.15) is 18.4 Å². The number of urea groups is 2. The highest BCUT2D eigenvalue weighted by Crippen LogP contribution is 2.35. The van der Waals surface area contributed by atoms with Gasteiger partial charge in [-0.15, -0.1) is 0 Å². The summed E-state index contributed by atoms with van der Waals surface area (Å²) in [4.78, 5) is 44.6. The summed E-state index contributed by atoms with van der Waals surface area (Å²) in [5.41, 5.74) is 6.21. The highest BCUT2D eigenvalue weighted by molar-refractivity contribution is 5.92. The van der Waals surface area contributed by atoms with Crippen LogP contribution in [-0.4, -0.2) is 92.6 Å². The van der Waals surface area contributed by atoms with Crippen LogP contribution in [0, 0.1) is 11.3 Å². The molecule has 0 heterocycles. The third-order valence-electron chi connectivity index (χ3n) is 7.13. The van der Waals surface area contributed by atoms with E-state index < -0.39 is 29.8 Å². The number of carbonyl (C=O) groups is 3. The van der Waals surface area contributed by atoms with E-state index in [1.807, 2.05) is 18.9 Å². The SMILES string of the molecule is CCN(CCN(C)Cc1cc(C#N)ccc1[C@H](/C(C(=O)OC)=C(/C)Nc1cccc(C(F)(F)F)c1)N(C)C(N)=O)C(=O)N(C)C. The zero-order chi connectivity index (χ0) is 34.1. The molecule has 0 saturated carbocycles. The standard InChI is InChI=1S/C31H40F3N7O4/c1-8-41(30(44)38(3)4)15-14-39(5)19-22-16-21(18-35)12-13-25(22)27(40(6)29(36)43)26(28(42)45-7)20(2)37-24-11-9-10-23(17-24)31(32,33)34/h9-13,16-17,27,37H,8,14-15,19H2,1-7H3,(H2,36,43)/b26-20+/t27-/m1/s1. The molecular weight excluding hydrogens is 591 g/mol. The monoisotopic (exact) mass is 631 g/mol. The van der Waals surface area contributed by atoms with E-state index in [1.54, 1.807) is 31.1 Å². The Kier molecular flexibility index (Phi) is 12.8. The first kappa shape index (κ1) is 36.4. The molecular formula is C31H40F3N7O4. The maximum atomic E-state index is 13.4. The molecule has 2 aromatic carbocycles. The lowest BCUT2D eigenvalue weighted by Crippen LogP contribution is -2.42. The fourth-order valence-electron chi connectivity index (χ4n) is 4.73. The van der Waals surface area contributed by atoms with Crippen LogP contribution in [0.15, 0.2) is 53.7 Å². The van der Waals surface area contributed by atoms with Crippen LogP contribution in [0.3, 0.4) is 0 Å². The fraction of sp³-hybridized carbons (Fsp3) is 0.419. The second kappa shape index (κ2) is 15.8. The summed E-state index contributed by atoms with van der Waals surface area (Å²) >= 11 is 0. The fourth-order valence-corrected chi connectivity index (χ4v) is 4.73. The van der Waals surface area contributed by atoms with Crippen LogP contribution in [0.1, 0.15) is 42.1 Å². The number of nitrogens with zero attached hydrogens (tertiary/aromatic N) is 5. The molecule has 2 aromatic rings. The third kappa shape index (κ3) is 9.61. The highest BCUT2D eigenvalue weighted by Gasteiger charge is 2.34. The Morgan fingerprint density at radius 3 is 2.27 bits per heavy atom. The Bertz CT molecular complexity index is 1450. The number of allylic oxidation sites excluding steroid dienone is 1. The van der Waals surface area contributed by atoms with Crippen molar-refractivity contribution in [1.82, 2.24) is 19.6 Å². The molecule has 3 N–H and O–H groups in total. The zero-order valence-corrected chi connectivity index (χ0v) is 26.5. The van der Waals surface area contributed by atoms with Gasteiger partial charge in [0.25, 0.3) is 0 Å². The molecule has 0 aromatic heterocycles. The largest absolute Gasteiger partial charge is 0.466 e. The van der Waals surface area contributed by atoms with E-state index in [0.717, 1.165) is 24.1 Å². The topological polar surface area (TPSA) is 135 Å². The summed E-state index contributed by atoms with van der Waals surface area (Å²) in [5, 5.41) is 12.5. The summed E-state index contributed by atoms with van der Waals surface area (Å²) in [6.45, 7) is 4.96. The van der Waals surface area contributed by atoms with E-state index in [4.69, 9.17) is 10.5 Å². The van der Waals surface area contributed by atoms with Gasteiger partial charge in [0.15, 0.2) is 0 Å². The Morgan fingerprint density at radius 2 is 1.73 bits per heavy atom. The number of likely N-dealkylation sites (N-methyl/N-ethyl adjacent to an activating group) is 3. The summed E-state index contributed by atoms with van der Waals surface area (Å²) in [6.07, 6.45) is -4.59. The van der Waals surface area contributed by atoms with Crippen molar-refractivity contribution in [3.8, 4) is 6.07 Å². The van der Waals surface area contributed by atoms with E-state index in [1.165, 1.54) is 37.1 Å². The molecule has 0 spiro atoms. The van der Waals surface area contributed by atoms with Crippen LogP contribution in [0.25, 0.3) is 0 Å². The van der Waals surface area contributed by atoms with Crippen molar-refractivity contribution in [1.29, 1.82) is 5.26 Å². The van der Waals surface area contributed by atoms with Gasteiger partial charge in [0.05, 0.1) is 35.9 Å². The number of rotatable bonds is 12. The average Bonchev–Trinajstić information content (AvgIpc) is 2.98. The van der Waals surface area contributed by atoms with Crippen LogP contribution in [0.4, 0.5) is 28.4 Å². The van der Waals surface area contributed by atoms with Crippen molar-refractivity contribution < 1.29 is 32.3 Å². The molecule has 0 saturated heterocycles. The molecule has 244 valence electrons.